The molecule has 138 valence electrons. The zero-order valence-corrected chi connectivity index (χ0v) is 15.0. The third-order valence-electron chi connectivity index (χ3n) is 4.69. The number of hydrogen-bond donors (Lipinski definition) is 1. The largest absolute Gasteiger partial charge is 0.495 e. The predicted octanol–water partition coefficient (Wildman–Crippen LogP) is 3.12. The molecule has 1 fully saturated rings. The molecule has 2 rings (SSSR count). The quantitative estimate of drug-likeness (QED) is 0.843. The van der Waals surface area contributed by atoms with E-state index in [0.29, 0.717) is 11.0 Å². The van der Waals surface area contributed by atoms with Crippen molar-refractivity contribution in [1.29, 1.82) is 0 Å². The van der Waals surface area contributed by atoms with Gasteiger partial charge in [-0.1, -0.05) is 24.3 Å². The number of rotatable bonds is 4. The smallest absolute Gasteiger partial charge is 0.399 e. The lowest BCUT2D eigenvalue weighted by molar-refractivity contribution is -0.142. The Morgan fingerprint density at radius 1 is 1.16 bits per heavy atom. The number of alkyl halides is 3. The summed E-state index contributed by atoms with van der Waals surface area (Å²) in [4.78, 5) is 11.4. The summed E-state index contributed by atoms with van der Waals surface area (Å²) >= 11 is 0. The fourth-order valence-electron chi connectivity index (χ4n) is 2.73. The van der Waals surface area contributed by atoms with Crippen molar-refractivity contribution in [3.63, 3.8) is 0 Å². The molecule has 1 unspecified atom stereocenters. The van der Waals surface area contributed by atoms with Crippen molar-refractivity contribution in [3.8, 4) is 0 Å². The molecular formula is C17H23BF3NO3. The summed E-state index contributed by atoms with van der Waals surface area (Å²) < 4.78 is 50.9. The zero-order valence-electron chi connectivity index (χ0n) is 15.0. The van der Waals surface area contributed by atoms with Crippen molar-refractivity contribution in [2.45, 2.75) is 64.5 Å². The topological polar surface area (TPSA) is 47.6 Å². The van der Waals surface area contributed by atoms with E-state index in [4.69, 9.17) is 9.31 Å². The van der Waals surface area contributed by atoms with Gasteiger partial charge in [0, 0.05) is 6.92 Å². The molecular weight excluding hydrogens is 334 g/mol. The van der Waals surface area contributed by atoms with Crippen LogP contribution >= 0.6 is 0 Å². The number of amides is 1. The van der Waals surface area contributed by atoms with Gasteiger partial charge in [0.25, 0.3) is 0 Å². The molecule has 0 saturated carbocycles. The van der Waals surface area contributed by atoms with Gasteiger partial charge in [-0.3, -0.25) is 4.79 Å². The number of halogens is 3. The molecule has 0 bridgehead atoms. The van der Waals surface area contributed by atoms with Crippen molar-refractivity contribution in [1.82, 2.24) is 5.32 Å². The maximum absolute atomic E-state index is 13.0. The third-order valence-corrected chi connectivity index (χ3v) is 4.69. The van der Waals surface area contributed by atoms with Crippen LogP contribution in [0.1, 0.15) is 52.6 Å². The van der Waals surface area contributed by atoms with Crippen molar-refractivity contribution in [2.24, 2.45) is 0 Å². The van der Waals surface area contributed by atoms with Crippen LogP contribution < -0.4 is 10.8 Å². The number of nitrogens with one attached hydrogen (secondary N) is 1. The Labute approximate surface area is 146 Å². The maximum atomic E-state index is 13.0. The Kier molecular flexibility index (Phi) is 5.26. The van der Waals surface area contributed by atoms with Crippen molar-refractivity contribution in [3.05, 3.63) is 29.8 Å². The number of carbonyl (C=O) groups excluding carboxylic acids is 1. The molecule has 0 radical (unpaired) electrons. The highest BCUT2D eigenvalue weighted by Crippen LogP contribution is 2.37. The molecule has 0 aliphatic carbocycles. The van der Waals surface area contributed by atoms with Gasteiger partial charge in [0.15, 0.2) is 0 Å². The van der Waals surface area contributed by atoms with Crippen LogP contribution in [0.5, 0.6) is 0 Å². The van der Waals surface area contributed by atoms with E-state index in [1.807, 2.05) is 27.7 Å². The Morgan fingerprint density at radius 2 is 1.68 bits per heavy atom. The lowest BCUT2D eigenvalue weighted by atomic mass is 9.74. The Bertz CT molecular complexity index is 630. The fraction of sp³-hybridized carbons (Fsp3) is 0.588. The number of carbonyl (C=O) groups is 1. The van der Waals surface area contributed by atoms with Crippen LogP contribution in [0.4, 0.5) is 13.2 Å². The highest BCUT2D eigenvalue weighted by molar-refractivity contribution is 6.62. The standard InChI is InChI=1S/C17H23BF3NO3/c1-11(23)22-14(10-17(19,20)21)12-8-6-7-9-13(12)18-24-15(2,3)16(4,5)25-18/h6-9,14H,10H2,1-5H3,(H,22,23). The van der Waals surface area contributed by atoms with Gasteiger partial charge in [-0.05, 0) is 38.7 Å². The average molecular weight is 357 g/mol. The van der Waals surface area contributed by atoms with Gasteiger partial charge in [0.05, 0.1) is 23.7 Å². The van der Waals surface area contributed by atoms with Crippen LogP contribution in [0, 0.1) is 0 Å². The van der Waals surface area contributed by atoms with E-state index >= 15 is 0 Å². The van der Waals surface area contributed by atoms with E-state index in [0.717, 1.165) is 0 Å². The van der Waals surface area contributed by atoms with Gasteiger partial charge in [-0.25, -0.2) is 0 Å². The average Bonchev–Trinajstić information content (AvgIpc) is 2.64. The van der Waals surface area contributed by atoms with E-state index in [-0.39, 0.29) is 0 Å². The van der Waals surface area contributed by atoms with E-state index in [1.165, 1.54) is 6.92 Å². The van der Waals surface area contributed by atoms with Gasteiger partial charge < -0.3 is 14.6 Å². The molecule has 1 aliphatic rings. The van der Waals surface area contributed by atoms with E-state index in [2.05, 4.69) is 5.32 Å². The number of benzene rings is 1. The van der Waals surface area contributed by atoms with E-state index in [1.54, 1.807) is 24.3 Å². The minimum Gasteiger partial charge on any atom is -0.399 e. The first-order valence-corrected chi connectivity index (χ1v) is 8.11. The highest BCUT2D eigenvalue weighted by atomic mass is 19.4. The Morgan fingerprint density at radius 3 is 2.16 bits per heavy atom. The van der Waals surface area contributed by atoms with Crippen LogP contribution in [0.2, 0.25) is 0 Å². The minimum atomic E-state index is -4.42. The zero-order chi connectivity index (χ0) is 19.0. The van der Waals surface area contributed by atoms with Crippen LogP contribution in [0.3, 0.4) is 0 Å². The first kappa shape index (κ1) is 19.8. The fourth-order valence-corrected chi connectivity index (χ4v) is 2.73. The maximum Gasteiger partial charge on any atom is 0.495 e. The van der Waals surface area contributed by atoms with Crippen LogP contribution in [-0.4, -0.2) is 30.4 Å². The predicted molar refractivity (Wildman–Crippen MR) is 89.4 cm³/mol. The molecule has 8 heteroatoms. The van der Waals surface area contributed by atoms with Crippen LogP contribution in [0.25, 0.3) is 0 Å². The van der Waals surface area contributed by atoms with E-state index in [9.17, 15) is 18.0 Å². The van der Waals surface area contributed by atoms with Crippen LogP contribution in [-0.2, 0) is 14.1 Å². The summed E-state index contributed by atoms with van der Waals surface area (Å²) in [5.41, 5.74) is -0.394. The first-order valence-electron chi connectivity index (χ1n) is 8.11. The monoisotopic (exact) mass is 357 g/mol. The summed E-state index contributed by atoms with van der Waals surface area (Å²) in [6.07, 6.45) is -5.58. The summed E-state index contributed by atoms with van der Waals surface area (Å²) in [6.45, 7) is 8.68. The molecule has 1 aliphatic heterocycles. The second kappa shape index (κ2) is 6.65. The SMILES string of the molecule is CC(=O)NC(CC(F)(F)F)c1ccccc1B1OC(C)(C)C(C)(C)O1. The molecule has 1 aromatic carbocycles. The van der Waals surface area contributed by atoms with Gasteiger partial charge >= 0.3 is 13.3 Å². The second-order valence-electron chi connectivity index (χ2n) is 7.29. The molecule has 0 aromatic heterocycles. The Hall–Kier alpha value is -1.54. The second-order valence-corrected chi connectivity index (χ2v) is 7.29. The molecule has 1 heterocycles. The molecule has 1 N–H and O–H groups in total. The Balaban J connectivity index is 2.40. The molecule has 1 aromatic rings. The third kappa shape index (κ3) is 4.55. The summed E-state index contributed by atoms with van der Waals surface area (Å²) in [5, 5.41) is 2.39. The van der Waals surface area contributed by atoms with Crippen molar-refractivity contribution >= 4 is 18.5 Å². The molecule has 0 spiro atoms. The minimum absolute atomic E-state index is 0.341. The normalized spacial score (nSPS) is 20.4. The molecule has 1 amide bonds. The van der Waals surface area contributed by atoms with Crippen molar-refractivity contribution < 1.29 is 27.3 Å². The van der Waals surface area contributed by atoms with Crippen molar-refractivity contribution in [2.75, 3.05) is 0 Å². The molecule has 25 heavy (non-hydrogen) atoms. The van der Waals surface area contributed by atoms with Gasteiger partial charge in [-0.2, -0.15) is 13.2 Å². The molecule has 1 atom stereocenters. The molecule has 4 nitrogen and oxygen atoms in total. The highest BCUT2D eigenvalue weighted by Gasteiger charge is 2.52. The first-order chi connectivity index (χ1) is 11.3. The molecule has 1 saturated heterocycles. The lowest BCUT2D eigenvalue weighted by Gasteiger charge is -2.32. The van der Waals surface area contributed by atoms with Crippen LogP contribution in [0.15, 0.2) is 24.3 Å². The summed E-state index contributed by atoms with van der Waals surface area (Å²) in [7, 11) is -0.800. The lowest BCUT2D eigenvalue weighted by Crippen LogP contribution is -2.41. The summed E-state index contributed by atoms with van der Waals surface area (Å²) in [6, 6.07) is 5.38. The van der Waals surface area contributed by atoms with Gasteiger partial charge in [0.2, 0.25) is 5.91 Å². The summed E-state index contributed by atoms with van der Waals surface area (Å²) in [5.74, 6) is -0.530. The van der Waals surface area contributed by atoms with Gasteiger partial charge in [-0.15, -0.1) is 0 Å². The van der Waals surface area contributed by atoms with Gasteiger partial charge in [0.1, 0.15) is 0 Å². The number of hydrogen-bond acceptors (Lipinski definition) is 3. The van der Waals surface area contributed by atoms with E-state index < -0.39 is 42.9 Å².